The number of aromatic nitrogens is 2. The predicted octanol–water partition coefficient (Wildman–Crippen LogP) is 2.29. The Hall–Kier alpha value is -2.22. The average Bonchev–Trinajstić information content (AvgIpc) is 3.25. The number of hydrogen-bond donors (Lipinski definition) is 1. The molecular formula is C16H15N5O5S3. The number of azo groups is 1. The van der Waals surface area contributed by atoms with Crippen molar-refractivity contribution in [3.05, 3.63) is 28.2 Å². The van der Waals surface area contributed by atoms with Crippen LogP contribution in [0.1, 0.15) is 28.7 Å². The number of fused-ring (bicyclic) bond motifs is 1. The number of sulfonamides is 1. The van der Waals surface area contributed by atoms with Gasteiger partial charge in [-0.2, -0.15) is 15.0 Å². The third-order valence-corrected chi connectivity index (χ3v) is 8.42. The molecule has 3 heterocycles. The standard InChI is InChI=1S/C16H15N5O5S3/c1-8(22)16(5-6-26-15(16)23)21-18-10-3-4-12-11(7-10)28-14(20-29(12,24)25)13-19-17-9(2)27-13/h3-4,7,14,20H,5-6H2,1-2H3. The van der Waals surface area contributed by atoms with E-state index in [9.17, 15) is 18.0 Å². The fourth-order valence-electron chi connectivity index (χ4n) is 2.88. The van der Waals surface area contributed by atoms with Gasteiger partial charge in [-0.25, -0.2) is 13.2 Å². The number of carbonyl (C=O) groups excluding carboxylic acids is 2. The van der Waals surface area contributed by atoms with Gasteiger partial charge in [-0.05, 0) is 32.0 Å². The van der Waals surface area contributed by atoms with E-state index in [1.54, 1.807) is 13.0 Å². The summed E-state index contributed by atoms with van der Waals surface area (Å²) in [5.41, 5.74) is -1.32. The molecule has 1 aromatic heterocycles. The van der Waals surface area contributed by atoms with Crippen LogP contribution in [0.25, 0.3) is 0 Å². The molecule has 0 amide bonds. The van der Waals surface area contributed by atoms with E-state index in [4.69, 9.17) is 4.74 Å². The van der Waals surface area contributed by atoms with E-state index >= 15 is 0 Å². The molecule has 10 nitrogen and oxygen atoms in total. The number of hydrogen-bond acceptors (Lipinski definition) is 11. The highest BCUT2D eigenvalue weighted by Gasteiger charge is 2.50. The van der Waals surface area contributed by atoms with E-state index in [0.717, 1.165) is 5.01 Å². The molecule has 2 atom stereocenters. The molecule has 29 heavy (non-hydrogen) atoms. The Morgan fingerprint density at radius 1 is 1.38 bits per heavy atom. The summed E-state index contributed by atoms with van der Waals surface area (Å²) in [6.45, 7) is 3.15. The summed E-state index contributed by atoms with van der Waals surface area (Å²) in [4.78, 5) is 24.5. The van der Waals surface area contributed by atoms with Gasteiger partial charge >= 0.3 is 5.97 Å². The fraction of sp³-hybridized carbons (Fsp3) is 0.375. The molecule has 0 bridgehead atoms. The summed E-state index contributed by atoms with van der Waals surface area (Å²) >= 11 is 2.56. The largest absolute Gasteiger partial charge is 0.463 e. The number of ketones is 1. The second-order valence-corrected chi connectivity index (χ2v) is 10.5. The summed E-state index contributed by atoms with van der Waals surface area (Å²) in [5, 5.41) is 16.6. The summed E-state index contributed by atoms with van der Waals surface area (Å²) in [5.74, 6) is -1.17. The molecule has 2 aromatic rings. The third-order valence-electron chi connectivity index (χ3n) is 4.44. The molecule has 2 unspecified atom stereocenters. The molecule has 4 rings (SSSR count). The van der Waals surface area contributed by atoms with Gasteiger partial charge in [-0.3, -0.25) is 4.79 Å². The number of benzene rings is 1. The molecule has 1 aromatic carbocycles. The first-order valence-corrected chi connectivity index (χ1v) is 11.6. The topological polar surface area (TPSA) is 140 Å². The van der Waals surface area contributed by atoms with Crippen molar-refractivity contribution in [3.8, 4) is 0 Å². The van der Waals surface area contributed by atoms with Gasteiger partial charge in [-0.15, -0.1) is 10.2 Å². The lowest BCUT2D eigenvalue weighted by Crippen LogP contribution is -2.39. The van der Waals surface area contributed by atoms with Crippen LogP contribution in [0, 0.1) is 6.92 Å². The van der Waals surface area contributed by atoms with Gasteiger partial charge in [0.2, 0.25) is 15.6 Å². The first-order valence-electron chi connectivity index (χ1n) is 8.45. The zero-order valence-corrected chi connectivity index (χ0v) is 17.7. The summed E-state index contributed by atoms with van der Waals surface area (Å²) in [6, 6.07) is 4.43. The van der Waals surface area contributed by atoms with Crippen LogP contribution in [0.5, 0.6) is 0 Å². The lowest BCUT2D eigenvalue weighted by Gasteiger charge is -2.23. The van der Waals surface area contributed by atoms with Crippen molar-refractivity contribution in [2.24, 2.45) is 10.2 Å². The first-order chi connectivity index (χ1) is 13.7. The van der Waals surface area contributed by atoms with Crippen molar-refractivity contribution < 1.29 is 22.7 Å². The zero-order chi connectivity index (χ0) is 20.8. The number of rotatable bonds is 4. The van der Waals surface area contributed by atoms with E-state index in [-0.39, 0.29) is 17.9 Å². The highest BCUT2D eigenvalue weighted by molar-refractivity contribution is 8.02. The molecule has 1 fully saturated rings. The summed E-state index contributed by atoms with van der Waals surface area (Å²) in [6.07, 6.45) is 0.126. The number of aryl methyl sites for hydroxylation is 1. The van der Waals surface area contributed by atoms with Gasteiger partial charge in [0.25, 0.3) is 0 Å². The maximum atomic E-state index is 12.6. The maximum Gasteiger partial charge on any atom is 0.343 e. The van der Waals surface area contributed by atoms with Crippen molar-refractivity contribution in [1.29, 1.82) is 0 Å². The Kier molecular flexibility index (Phi) is 5.01. The predicted molar refractivity (Wildman–Crippen MR) is 104 cm³/mol. The number of nitrogens with one attached hydrogen (secondary N) is 1. The van der Waals surface area contributed by atoms with E-state index in [0.29, 0.717) is 15.6 Å². The molecular weight excluding hydrogens is 438 g/mol. The highest BCUT2D eigenvalue weighted by atomic mass is 32.2. The third kappa shape index (κ3) is 3.58. The fourth-order valence-corrected chi connectivity index (χ4v) is 6.79. The Morgan fingerprint density at radius 2 is 2.17 bits per heavy atom. The van der Waals surface area contributed by atoms with Crippen LogP contribution in [0.4, 0.5) is 5.69 Å². The van der Waals surface area contributed by atoms with Crippen molar-refractivity contribution in [1.82, 2.24) is 14.9 Å². The van der Waals surface area contributed by atoms with E-state index < -0.39 is 32.7 Å². The van der Waals surface area contributed by atoms with E-state index in [1.165, 1.54) is 42.2 Å². The first kappa shape index (κ1) is 20.1. The second kappa shape index (κ2) is 7.23. The van der Waals surface area contributed by atoms with Crippen LogP contribution < -0.4 is 4.72 Å². The van der Waals surface area contributed by atoms with Crippen LogP contribution in [0.15, 0.2) is 38.2 Å². The minimum Gasteiger partial charge on any atom is -0.463 e. The van der Waals surface area contributed by atoms with E-state index in [1.807, 2.05) is 0 Å². The molecule has 2 aliphatic heterocycles. The summed E-state index contributed by atoms with van der Waals surface area (Å²) < 4.78 is 32.7. The zero-order valence-electron chi connectivity index (χ0n) is 15.3. The lowest BCUT2D eigenvalue weighted by molar-refractivity contribution is -0.145. The molecule has 0 spiro atoms. The Morgan fingerprint density at radius 3 is 2.79 bits per heavy atom. The summed E-state index contributed by atoms with van der Waals surface area (Å²) in [7, 11) is -3.74. The van der Waals surface area contributed by atoms with E-state index in [2.05, 4.69) is 25.1 Å². The number of cyclic esters (lactones) is 1. The smallest absolute Gasteiger partial charge is 0.343 e. The van der Waals surface area contributed by atoms with Crippen LogP contribution in [0.2, 0.25) is 0 Å². The maximum absolute atomic E-state index is 12.6. The minimum atomic E-state index is -3.74. The molecule has 2 aliphatic rings. The highest BCUT2D eigenvalue weighted by Crippen LogP contribution is 2.44. The van der Waals surface area contributed by atoms with Crippen molar-refractivity contribution in [3.63, 3.8) is 0 Å². The lowest BCUT2D eigenvalue weighted by atomic mass is 9.95. The normalized spacial score (nSPS) is 25.7. The molecule has 1 saturated heterocycles. The van der Waals surface area contributed by atoms with Crippen LogP contribution in [0.3, 0.4) is 0 Å². The van der Waals surface area contributed by atoms with Crippen LogP contribution in [-0.2, 0) is 24.3 Å². The number of esters is 1. The minimum absolute atomic E-state index is 0.102. The molecule has 152 valence electrons. The van der Waals surface area contributed by atoms with Crippen molar-refractivity contribution >= 4 is 50.6 Å². The number of thioether (sulfide) groups is 1. The number of Topliss-reactive ketones (excluding diaryl/α,β-unsaturated/α-hetero) is 1. The van der Waals surface area contributed by atoms with Crippen molar-refractivity contribution in [2.45, 2.75) is 41.0 Å². The SMILES string of the molecule is CC(=O)C1(N=Nc2ccc3c(c2)SC(c2nnc(C)s2)NS3(=O)=O)CCOC1=O. The second-order valence-electron chi connectivity index (χ2n) is 6.41. The number of carbonyl (C=O) groups is 2. The van der Waals surface area contributed by atoms with Gasteiger partial charge in [0, 0.05) is 11.3 Å². The van der Waals surface area contributed by atoms with Gasteiger partial charge in [0.05, 0.1) is 17.2 Å². The van der Waals surface area contributed by atoms with Gasteiger partial charge in [-0.1, -0.05) is 23.1 Å². The van der Waals surface area contributed by atoms with Gasteiger partial charge in [0.15, 0.2) is 5.78 Å². The van der Waals surface area contributed by atoms with Crippen LogP contribution in [-0.4, -0.2) is 42.5 Å². The van der Waals surface area contributed by atoms with Gasteiger partial charge < -0.3 is 4.74 Å². The molecule has 0 radical (unpaired) electrons. The van der Waals surface area contributed by atoms with Crippen LogP contribution >= 0.6 is 23.1 Å². The monoisotopic (exact) mass is 453 g/mol. The molecule has 13 heteroatoms. The quantitative estimate of drug-likeness (QED) is 0.422. The molecule has 0 aliphatic carbocycles. The Labute approximate surface area is 174 Å². The molecule has 1 N–H and O–H groups in total. The number of ether oxygens (including phenoxy) is 1. The Bertz CT molecular complexity index is 1150. The molecule has 0 saturated carbocycles. The average molecular weight is 454 g/mol. The van der Waals surface area contributed by atoms with Crippen molar-refractivity contribution in [2.75, 3.05) is 6.61 Å². The Balaban J connectivity index is 1.68. The number of nitrogens with zero attached hydrogens (tertiary/aromatic N) is 4. The van der Waals surface area contributed by atoms with Gasteiger partial charge in [0.1, 0.15) is 15.4 Å².